The third-order valence-corrected chi connectivity index (χ3v) is 5.97. The molecule has 2 aliphatic rings. The number of halogens is 1. The average Bonchev–Trinajstić information content (AvgIpc) is 2.72. The van der Waals surface area contributed by atoms with E-state index in [-0.39, 0.29) is 36.0 Å². The summed E-state index contributed by atoms with van der Waals surface area (Å²) < 4.78 is 6.16. The van der Waals surface area contributed by atoms with E-state index in [9.17, 15) is 4.79 Å². The van der Waals surface area contributed by atoms with Crippen molar-refractivity contribution in [3.63, 3.8) is 0 Å². The third-order valence-electron chi connectivity index (χ3n) is 5.97. The van der Waals surface area contributed by atoms with Gasteiger partial charge in [-0.1, -0.05) is 29.8 Å². The summed E-state index contributed by atoms with van der Waals surface area (Å²) in [5, 5.41) is 3.45. The molecule has 6 nitrogen and oxygen atoms in total. The Bertz CT molecular complexity index is 695. The molecular weight excluding hydrogens is 491 g/mol. The molecule has 1 aromatic rings. The van der Waals surface area contributed by atoms with Crippen LogP contribution >= 0.6 is 24.0 Å². The van der Waals surface area contributed by atoms with Crippen molar-refractivity contribution >= 4 is 35.8 Å². The molecule has 0 spiro atoms. The summed E-state index contributed by atoms with van der Waals surface area (Å²) in [6.45, 7) is 8.43. The van der Waals surface area contributed by atoms with Gasteiger partial charge in [-0.2, -0.15) is 0 Å². The predicted molar refractivity (Wildman–Crippen MR) is 132 cm³/mol. The van der Waals surface area contributed by atoms with E-state index in [0.29, 0.717) is 18.3 Å². The highest BCUT2D eigenvalue weighted by molar-refractivity contribution is 14.0. The number of nitrogens with zero attached hydrogens (tertiary/aromatic N) is 2. The molecule has 0 aromatic heterocycles. The zero-order chi connectivity index (χ0) is 20.6. The molecule has 2 fully saturated rings. The van der Waals surface area contributed by atoms with Gasteiger partial charge in [-0.15, -0.1) is 24.0 Å². The van der Waals surface area contributed by atoms with Crippen LogP contribution in [-0.4, -0.2) is 49.6 Å². The molecule has 0 saturated carbocycles. The Morgan fingerprint density at radius 1 is 1.27 bits per heavy atom. The Morgan fingerprint density at radius 2 is 2.03 bits per heavy atom. The second-order valence-electron chi connectivity index (χ2n) is 8.42. The minimum atomic E-state index is -0.209. The molecule has 30 heavy (non-hydrogen) atoms. The number of amides is 1. The Labute approximate surface area is 198 Å². The smallest absolute Gasteiger partial charge is 0.217 e. The van der Waals surface area contributed by atoms with Gasteiger partial charge in [0.1, 0.15) is 0 Å². The maximum atomic E-state index is 11.3. The summed E-state index contributed by atoms with van der Waals surface area (Å²) in [5.41, 5.74) is 7.94. The summed E-state index contributed by atoms with van der Waals surface area (Å²) in [4.78, 5) is 18.6. The van der Waals surface area contributed by atoms with Crippen molar-refractivity contribution in [2.75, 3.05) is 32.8 Å². The number of carbonyl (C=O) groups is 1. The summed E-state index contributed by atoms with van der Waals surface area (Å²) in [7, 11) is 0. The van der Waals surface area contributed by atoms with Gasteiger partial charge < -0.3 is 20.7 Å². The highest BCUT2D eigenvalue weighted by Gasteiger charge is 2.28. The third kappa shape index (κ3) is 7.11. The van der Waals surface area contributed by atoms with Crippen LogP contribution in [-0.2, 0) is 9.53 Å². The lowest BCUT2D eigenvalue weighted by molar-refractivity contribution is -0.119. The molecule has 7 heteroatoms. The van der Waals surface area contributed by atoms with Crippen molar-refractivity contribution in [3.8, 4) is 0 Å². The molecule has 2 aliphatic heterocycles. The minimum Gasteiger partial charge on any atom is -0.373 e. The van der Waals surface area contributed by atoms with Crippen molar-refractivity contribution in [2.24, 2.45) is 22.6 Å². The van der Waals surface area contributed by atoms with E-state index in [1.807, 2.05) is 0 Å². The molecule has 3 atom stereocenters. The summed E-state index contributed by atoms with van der Waals surface area (Å²) in [6.07, 6.45) is 4.92. The van der Waals surface area contributed by atoms with Crippen LogP contribution in [0.4, 0.5) is 0 Å². The van der Waals surface area contributed by atoms with Crippen LogP contribution in [0.3, 0.4) is 0 Å². The number of aliphatic imine (C=N–C) groups is 1. The normalized spacial score (nSPS) is 24.8. The van der Waals surface area contributed by atoms with Gasteiger partial charge in [-0.05, 0) is 51.0 Å². The van der Waals surface area contributed by atoms with E-state index in [2.05, 4.69) is 48.3 Å². The Morgan fingerprint density at radius 3 is 2.73 bits per heavy atom. The number of piperidine rings is 1. The van der Waals surface area contributed by atoms with E-state index < -0.39 is 0 Å². The lowest BCUT2D eigenvalue weighted by Gasteiger charge is -2.35. The molecule has 3 unspecified atom stereocenters. The molecule has 3 N–H and O–H groups in total. The Hall–Kier alpha value is -1.35. The van der Waals surface area contributed by atoms with Gasteiger partial charge in [0, 0.05) is 45.1 Å². The lowest BCUT2D eigenvalue weighted by Crippen LogP contribution is -2.47. The molecule has 0 bridgehead atoms. The maximum absolute atomic E-state index is 11.3. The number of likely N-dealkylation sites (tertiary alicyclic amines) is 1. The van der Waals surface area contributed by atoms with Gasteiger partial charge in [0.2, 0.25) is 5.91 Å². The fraction of sp³-hybridized carbons (Fsp3) is 0.652. The van der Waals surface area contributed by atoms with Gasteiger partial charge in [-0.25, -0.2) is 0 Å². The number of guanidine groups is 1. The largest absolute Gasteiger partial charge is 0.373 e. The fourth-order valence-corrected chi connectivity index (χ4v) is 4.49. The Balaban J connectivity index is 0.00000320. The van der Waals surface area contributed by atoms with Crippen LogP contribution in [0.15, 0.2) is 29.3 Å². The molecule has 1 amide bonds. The number of rotatable bonds is 6. The Kier molecular flexibility index (Phi) is 10.4. The maximum Gasteiger partial charge on any atom is 0.217 e. The minimum absolute atomic E-state index is 0. The van der Waals surface area contributed by atoms with Crippen molar-refractivity contribution in [2.45, 2.75) is 52.1 Å². The van der Waals surface area contributed by atoms with Crippen LogP contribution in [0, 0.1) is 18.8 Å². The van der Waals surface area contributed by atoms with E-state index in [1.165, 1.54) is 11.1 Å². The van der Waals surface area contributed by atoms with E-state index >= 15 is 0 Å². The van der Waals surface area contributed by atoms with Gasteiger partial charge in [0.15, 0.2) is 5.96 Å². The lowest BCUT2D eigenvalue weighted by atomic mass is 9.89. The van der Waals surface area contributed by atoms with Crippen LogP contribution in [0.1, 0.15) is 56.3 Å². The zero-order valence-electron chi connectivity index (χ0n) is 18.3. The van der Waals surface area contributed by atoms with Crippen molar-refractivity contribution in [3.05, 3.63) is 35.4 Å². The van der Waals surface area contributed by atoms with Gasteiger partial charge in [0.25, 0.3) is 0 Å². The standard InChI is InChI=1S/C23H36N4O2.HI/c1-3-25-23(27-12-4-6-18(16-27)14-21(24)28)26-15-20-7-5-13-29-22(20)19-10-8-17(2)9-11-19;/h8-11,18,20,22H,3-7,12-16H2,1-2H3,(H2,24,28)(H,25,26);1H. The summed E-state index contributed by atoms with van der Waals surface area (Å²) >= 11 is 0. The van der Waals surface area contributed by atoms with Gasteiger partial charge >= 0.3 is 0 Å². The van der Waals surface area contributed by atoms with Gasteiger partial charge in [-0.3, -0.25) is 9.79 Å². The highest BCUT2D eigenvalue weighted by Crippen LogP contribution is 2.34. The van der Waals surface area contributed by atoms with Gasteiger partial charge in [0.05, 0.1) is 6.10 Å². The molecule has 168 valence electrons. The zero-order valence-corrected chi connectivity index (χ0v) is 20.6. The van der Waals surface area contributed by atoms with E-state index in [4.69, 9.17) is 15.5 Å². The number of hydrogen-bond donors (Lipinski definition) is 2. The number of benzene rings is 1. The molecule has 1 aromatic carbocycles. The number of nitrogens with one attached hydrogen (secondary N) is 1. The second-order valence-corrected chi connectivity index (χ2v) is 8.42. The topological polar surface area (TPSA) is 80.0 Å². The van der Waals surface area contributed by atoms with Crippen LogP contribution < -0.4 is 11.1 Å². The average molecular weight is 528 g/mol. The number of ether oxygens (including phenoxy) is 1. The molecule has 2 saturated heterocycles. The highest BCUT2D eigenvalue weighted by atomic mass is 127. The number of carbonyl (C=O) groups excluding carboxylic acids is 1. The molecule has 3 rings (SSSR count). The summed E-state index contributed by atoms with van der Waals surface area (Å²) in [5.74, 6) is 1.45. The van der Waals surface area contributed by atoms with Crippen molar-refractivity contribution in [1.82, 2.24) is 10.2 Å². The number of aryl methyl sites for hydroxylation is 1. The monoisotopic (exact) mass is 528 g/mol. The number of primary amides is 1. The predicted octanol–water partition coefficient (Wildman–Crippen LogP) is 3.63. The number of nitrogens with two attached hydrogens (primary N) is 1. The molecular formula is C23H37IN4O2. The molecule has 0 radical (unpaired) electrons. The SMILES string of the molecule is CCNC(=NCC1CCCOC1c1ccc(C)cc1)N1CCCC(CC(N)=O)C1.I. The first-order valence-electron chi connectivity index (χ1n) is 11.1. The van der Waals surface area contributed by atoms with Crippen molar-refractivity contribution in [1.29, 1.82) is 0 Å². The number of hydrogen-bond acceptors (Lipinski definition) is 3. The first-order valence-corrected chi connectivity index (χ1v) is 11.1. The fourth-order valence-electron chi connectivity index (χ4n) is 4.49. The summed E-state index contributed by atoms with van der Waals surface area (Å²) in [6, 6.07) is 8.69. The van der Waals surface area contributed by atoms with Crippen molar-refractivity contribution < 1.29 is 9.53 Å². The first kappa shape index (κ1) is 24.9. The molecule has 0 aliphatic carbocycles. The van der Waals surface area contributed by atoms with Crippen LogP contribution in [0.25, 0.3) is 0 Å². The van der Waals surface area contributed by atoms with Crippen LogP contribution in [0.2, 0.25) is 0 Å². The van der Waals surface area contributed by atoms with Crippen LogP contribution in [0.5, 0.6) is 0 Å². The van der Waals surface area contributed by atoms with E-state index in [1.54, 1.807) is 0 Å². The molecule has 2 heterocycles. The van der Waals surface area contributed by atoms with E-state index in [0.717, 1.165) is 64.4 Å². The quantitative estimate of drug-likeness (QED) is 0.336. The first-order chi connectivity index (χ1) is 14.1. The second kappa shape index (κ2) is 12.5.